The number of hydrogen-bond donors (Lipinski definition) is 0. The fourth-order valence-electron chi connectivity index (χ4n) is 3.25. The lowest BCUT2D eigenvalue weighted by molar-refractivity contribution is 0.0374. The van der Waals surface area contributed by atoms with Gasteiger partial charge in [-0.15, -0.1) is 0 Å². The average Bonchev–Trinajstić information content (AvgIpc) is 2.68. The van der Waals surface area contributed by atoms with Crippen molar-refractivity contribution in [3.8, 4) is 11.5 Å². The first-order valence-electron chi connectivity index (χ1n) is 9.30. The van der Waals surface area contributed by atoms with Gasteiger partial charge in [-0.25, -0.2) is 0 Å². The molecule has 0 bridgehead atoms. The average molecular weight is 578 g/mol. The molecule has 7 heteroatoms. The molecule has 1 heterocycles. The zero-order chi connectivity index (χ0) is 19.9. The summed E-state index contributed by atoms with van der Waals surface area (Å²) in [6.07, 6.45) is 2.18. The Bertz CT molecular complexity index is 771. The van der Waals surface area contributed by atoms with E-state index in [1.807, 2.05) is 18.2 Å². The van der Waals surface area contributed by atoms with E-state index in [1.165, 1.54) is 5.56 Å². The summed E-state index contributed by atoms with van der Waals surface area (Å²) in [5.41, 5.74) is 2.36. The third-order valence-corrected chi connectivity index (χ3v) is 6.36. The fourth-order valence-corrected chi connectivity index (χ4v) is 5.74. The van der Waals surface area contributed by atoms with Crippen molar-refractivity contribution in [1.29, 1.82) is 0 Å². The SMILES string of the molecule is COc1ccc(CCCN2CCOCC2)cc1COc1c(Br)cc(Br)cc1Br. The van der Waals surface area contributed by atoms with Crippen LogP contribution in [0.25, 0.3) is 0 Å². The number of halogens is 3. The van der Waals surface area contributed by atoms with Gasteiger partial charge in [-0.1, -0.05) is 22.0 Å². The molecular formula is C21H24Br3NO3. The van der Waals surface area contributed by atoms with E-state index >= 15 is 0 Å². The van der Waals surface area contributed by atoms with Crippen LogP contribution in [0.5, 0.6) is 11.5 Å². The number of ether oxygens (including phenoxy) is 3. The predicted octanol–water partition coefficient (Wildman–Crippen LogP) is 5.83. The fraction of sp³-hybridized carbons (Fsp3) is 0.429. The molecule has 2 aromatic rings. The van der Waals surface area contributed by atoms with Crippen molar-refractivity contribution < 1.29 is 14.2 Å². The van der Waals surface area contributed by atoms with Crippen LogP contribution in [0.4, 0.5) is 0 Å². The molecule has 1 aliphatic heterocycles. The molecule has 0 saturated carbocycles. The van der Waals surface area contributed by atoms with Gasteiger partial charge in [0.05, 0.1) is 29.3 Å². The Morgan fingerprint density at radius 1 is 1.04 bits per heavy atom. The Morgan fingerprint density at radius 3 is 2.43 bits per heavy atom. The molecule has 0 N–H and O–H groups in total. The number of benzene rings is 2. The zero-order valence-electron chi connectivity index (χ0n) is 15.8. The van der Waals surface area contributed by atoms with E-state index in [4.69, 9.17) is 14.2 Å². The van der Waals surface area contributed by atoms with E-state index < -0.39 is 0 Å². The van der Waals surface area contributed by atoms with Crippen LogP contribution in [0.15, 0.2) is 43.7 Å². The minimum absolute atomic E-state index is 0.444. The summed E-state index contributed by atoms with van der Waals surface area (Å²) < 4.78 is 19.8. The summed E-state index contributed by atoms with van der Waals surface area (Å²) in [4.78, 5) is 2.47. The summed E-state index contributed by atoms with van der Waals surface area (Å²) >= 11 is 10.6. The molecule has 1 aliphatic rings. The van der Waals surface area contributed by atoms with E-state index in [2.05, 4.69) is 64.8 Å². The van der Waals surface area contributed by atoms with E-state index in [0.717, 1.165) is 76.2 Å². The van der Waals surface area contributed by atoms with E-state index in [0.29, 0.717) is 6.61 Å². The maximum absolute atomic E-state index is 6.09. The summed E-state index contributed by atoms with van der Waals surface area (Å²) in [6, 6.07) is 10.3. The summed E-state index contributed by atoms with van der Waals surface area (Å²) in [6.45, 7) is 5.34. The van der Waals surface area contributed by atoms with Crippen molar-refractivity contribution in [2.45, 2.75) is 19.4 Å². The van der Waals surface area contributed by atoms with Crippen LogP contribution in [0.3, 0.4) is 0 Å². The van der Waals surface area contributed by atoms with Gasteiger partial charge in [-0.05, 0) is 81.1 Å². The van der Waals surface area contributed by atoms with Gasteiger partial charge < -0.3 is 14.2 Å². The molecule has 0 aromatic heterocycles. The number of nitrogens with zero attached hydrogens (tertiary/aromatic N) is 1. The molecule has 28 heavy (non-hydrogen) atoms. The molecule has 0 amide bonds. The Balaban J connectivity index is 1.62. The van der Waals surface area contributed by atoms with Gasteiger partial charge in [0.2, 0.25) is 0 Å². The summed E-state index contributed by atoms with van der Waals surface area (Å²) in [7, 11) is 1.70. The van der Waals surface area contributed by atoms with Crippen LogP contribution in [-0.2, 0) is 17.8 Å². The molecular weight excluding hydrogens is 554 g/mol. The monoisotopic (exact) mass is 575 g/mol. The van der Waals surface area contributed by atoms with Crippen LogP contribution in [0.2, 0.25) is 0 Å². The molecule has 1 fully saturated rings. The smallest absolute Gasteiger partial charge is 0.148 e. The summed E-state index contributed by atoms with van der Waals surface area (Å²) in [5, 5.41) is 0. The number of hydrogen-bond acceptors (Lipinski definition) is 4. The van der Waals surface area contributed by atoms with E-state index in [1.54, 1.807) is 7.11 Å². The lowest BCUT2D eigenvalue weighted by Crippen LogP contribution is -2.36. The Hall–Kier alpha value is -0.600. The maximum Gasteiger partial charge on any atom is 0.148 e. The van der Waals surface area contributed by atoms with Crippen molar-refractivity contribution >= 4 is 47.8 Å². The van der Waals surface area contributed by atoms with Crippen molar-refractivity contribution in [3.05, 3.63) is 54.9 Å². The van der Waals surface area contributed by atoms with E-state index in [9.17, 15) is 0 Å². The lowest BCUT2D eigenvalue weighted by atomic mass is 10.1. The van der Waals surface area contributed by atoms with Gasteiger partial charge >= 0.3 is 0 Å². The molecule has 0 radical (unpaired) electrons. The number of methoxy groups -OCH3 is 1. The number of morpholine rings is 1. The number of aryl methyl sites for hydroxylation is 1. The minimum Gasteiger partial charge on any atom is -0.496 e. The third-order valence-electron chi connectivity index (χ3n) is 4.72. The molecule has 0 atom stereocenters. The summed E-state index contributed by atoms with van der Waals surface area (Å²) in [5.74, 6) is 1.63. The van der Waals surface area contributed by atoms with Crippen molar-refractivity contribution in [2.75, 3.05) is 40.0 Å². The van der Waals surface area contributed by atoms with Crippen LogP contribution >= 0.6 is 47.8 Å². The first-order valence-corrected chi connectivity index (χ1v) is 11.7. The van der Waals surface area contributed by atoms with Crippen LogP contribution in [-0.4, -0.2) is 44.9 Å². The molecule has 4 nitrogen and oxygen atoms in total. The van der Waals surface area contributed by atoms with Gasteiger partial charge in [0.25, 0.3) is 0 Å². The van der Waals surface area contributed by atoms with Crippen molar-refractivity contribution in [3.63, 3.8) is 0 Å². The largest absolute Gasteiger partial charge is 0.496 e. The van der Waals surface area contributed by atoms with Crippen LogP contribution in [0, 0.1) is 0 Å². The third kappa shape index (κ3) is 6.20. The van der Waals surface area contributed by atoms with Gasteiger partial charge in [0.15, 0.2) is 0 Å². The molecule has 0 spiro atoms. The Morgan fingerprint density at radius 2 is 1.75 bits per heavy atom. The topological polar surface area (TPSA) is 30.9 Å². The van der Waals surface area contributed by atoms with Crippen LogP contribution < -0.4 is 9.47 Å². The Kier molecular flexibility index (Phi) is 8.66. The molecule has 3 rings (SSSR count). The standard InChI is InChI=1S/C21H24Br3NO3/c1-26-20-5-4-15(3-2-6-25-7-9-27-10-8-25)11-16(20)14-28-21-18(23)12-17(22)13-19(21)24/h4-5,11-13H,2-3,6-10,14H2,1H3. The van der Waals surface area contributed by atoms with Crippen LogP contribution in [0.1, 0.15) is 17.5 Å². The van der Waals surface area contributed by atoms with Gasteiger partial charge in [-0.2, -0.15) is 0 Å². The number of rotatable bonds is 8. The first kappa shape index (κ1) is 22.1. The minimum atomic E-state index is 0.444. The Labute approximate surface area is 191 Å². The van der Waals surface area contributed by atoms with Crippen molar-refractivity contribution in [1.82, 2.24) is 4.90 Å². The highest BCUT2D eigenvalue weighted by Gasteiger charge is 2.12. The highest BCUT2D eigenvalue weighted by Crippen LogP contribution is 2.37. The maximum atomic E-state index is 6.09. The van der Waals surface area contributed by atoms with E-state index in [-0.39, 0.29) is 0 Å². The quantitative estimate of drug-likeness (QED) is 0.395. The highest BCUT2D eigenvalue weighted by atomic mass is 79.9. The molecule has 1 saturated heterocycles. The molecule has 2 aromatic carbocycles. The zero-order valence-corrected chi connectivity index (χ0v) is 20.6. The van der Waals surface area contributed by atoms with Gasteiger partial charge in [-0.3, -0.25) is 4.90 Å². The van der Waals surface area contributed by atoms with Gasteiger partial charge in [0, 0.05) is 23.1 Å². The molecule has 0 unspecified atom stereocenters. The van der Waals surface area contributed by atoms with Crippen molar-refractivity contribution in [2.24, 2.45) is 0 Å². The highest BCUT2D eigenvalue weighted by molar-refractivity contribution is 9.11. The molecule has 152 valence electrons. The second-order valence-electron chi connectivity index (χ2n) is 6.69. The lowest BCUT2D eigenvalue weighted by Gasteiger charge is -2.26. The first-order chi connectivity index (χ1) is 13.6. The molecule has 0 aliphatic carbocycles. The second-order valence-corrected chi connectivity index (χ2v) is 9.32. The van der Waals surface area contributed by atoms with Gasteiger partial charge in [0.1, 0.15) is 18.1 Å². The second kappa shape index (κ2) is 11.0. The predicted molar refractivity (Wildman–Crippen MR) is 122 cm³/mol. The normalized spacial score (nSPS) is 14.9.